The van der Waals surface area contributed by atoms with Crippen LogP contribution >= 0.6 is 11.3 Å². The topological polar surface area (TPSA) is 96.0 Å². The smallest absolute Gasteiger partial charge is 0.348 e. The van der Waals surface area contributed by atoms with Crippen molar-refractivity contribution in [3.05, 3.63) is 69.4 Å². The molecule has 0 amide bonds. The molecule has 1 atom stereocenters. The number of fused-ring (bicyclic) bond motifs is 1. The fourth-order valence-electron chi connectivity index (χ4n) is 3.56. The summed E-state index contributed by atoms with van der Waals surface area (Å²) in [6, 6.07) is 17.4. The lowest BCUT2D eigenvalue weighted by molar-refractivity contribution is 0.0703. The van der Waals surface area contributed by atoms with Crippen LogP contribution in [0.5, 0.6) is 0 Å². The number of aromatic nitrogens is 2. The Morgan fingerprint density at radius 1 is 1.23 bits per heavy atom. The molecule has 0 spiro atoms. The second-order valence-corrected chi connectivity index (χ2v) is 9.82. The number of rotatable bonds is 6. The van der Waals surface area contributed by atoms with Crippen LogP contribution in [0.1, 0.15) is 32.6 Å². The quantitative estimate of drug-likeness (QED) is 0.455. The maximum atomic E-state index is 12.6. The predicted molar refractivity (Wildman–Crippen MR) is 122 cm³/mol. The van der Waals surface area contributed by atoms with E-state index in [1.807, 2.05) is 56.3 Å². The van der Waals surface area contributed by atoms with Crippen LogP contribution in [0.25, 0.3) is 22.2 Å². The summed E-state index contributed by atoms with van der Waals surface area (Å²) in [5.41, 5.74) is 4.42. The molecule has 31 heavy (non-hydrogen) atoms. The van der Waals surface area contributed by atoms with Gasteiger partial charge in [-0.05, 0) is 29.7 Å². The van der Waals surface area contributed by atoms with Crippen LogP contribution in [0.15, 0.2) is 53.7 Å². The van der Waals surface area contributed by atoms with Crippen molar-refractivity contribution in [3.8, 4) is 17.2 Å². The number of nitrogens with zero attached hydrogens (tertiary/aromatic N) is 3. The number of carbonyl (C=O) groups is 1. The molecule has 0 aliphatic carbocycles. The van der Waals surface area contributed by atoms with Gasteiger partial charge in [-0.25, -0.2) is 9.78 Å². The first kappa shape index (κ1) is 21.0. The van der Waals surface area contributed by atoms with Crippen LogP contribution in [0.2, 0.25) is 0 Å². The van der Waals surface area contributed by atoms with Crippen molar-refractivity contribution in [3.63, 3.8) is 0 Å². The molecule has 0 radical (unpaired) electrons. The van der Waals surface area contributed by atoms with Crippen LogP contribution in [-0.4, -0.2) is 30.6 Å². The van der Waals surface area contributed by atoms with E-state index in [0.29, 0.717) is 34.1 Å². The number of thiophene rings is 1. The van der Waals surface area contributed by atoms with Gasteiger partial charge in [-0.3, -0.25) is 4.21 Å². The molecule has 0 bridgehead atoms. The fraction of sp³-hybridized carbons (Fsp3) is 0.174. The Labute approximate surface area is 185 Å². The number of imidazole rings is 1. The number of hydrogen-bond donors (Lipinski definition) is 1. The lowest BCUT2D eigenvalue weighted by atomic mass is 9.99. The SMILES string of the molecule is CCS(=O)c1nc2c(C)sc(C(=O)O)c2n1Cc1ccc(-c2ccccc2C#N)cc1. The van der Waals surface area contributed by atoms with E-state index in [1.54, 1.807) is 10.6 Å². The monoisotopic (exact) mass is 449 g/mol. The van der Waals surface area contributed by atoms with Gasteiger partial charge in [0.15, 0.2) is 5.16 Å². The third-order valence-electron chi connectivity index (χ3n) is 5.05. The molecule has 0 saturated heterocycles. The normalized spacial score (nSPS) is 12.0. The number of carboxylic acids is 1. The molecular formula is C23H19N3O3S2. The van der Waals surface area contributed by atoms with Gasteiger partial charge in [-0.1, -0.05) is 49.4 Å². The van der Waals surface area contributed by atoms with Gasteiger partial charge in [0.05, 0.1) is 34.5 Å². The number of hydrogen-bond acceptors (Lipinski definition) is 5. The molecule has 0 aliphatic heterocycles. The van der Waals surface area contributed by atoms with Crippen molar-refractivity contribution in [1.29, 1.82) is 5.26 Å². The molecule has 156 valence electrons. The van der Waals surface area contributed by atoms with Crippen LogP contribution in [0.3, 0.4) is 0 Å². The van der Waals surface area contributed by atoms with Crippen LogP contribution < -0.4 is 0 Å². The van der Waals surface area contributed by atoms with Gasteiger partial charge >= 0.3 is 5.97 Å². The maximum absolute atomic E-state index is 12.6. The van der Waals surface area contributed by atoms with Gasteiger partial charge in [-0.15, -0.1) is 11.3 Å². The zero-order valence-corrected chi connectivity index (χ0v) is 18.6. The molecule has 0 aliphatic rings. The Morgan fingerprint density at radius 2 is 1.94 bits per heavy atom. The molecule has 2 aromatic carbocycles. The molecule has 0 saturated carbocycles. The molecule has 4 rings (SSSR count). The first-order valence-corrected chi connectivity index (χ1v) is 11.8. The summed E-state index contributed by atoms with van der Waals surface area (Å²) in [6.45, 7) is 4.00. The van der Waals surface area contributed by atoms with Gasteiger partial charge < -0.3 is 9.67 Å². The number of aromatic carboxylic acids is 1. The zero-order chi connectivity index (χ0) is 22.1. The highest BCUT2D eigenvalue weighted by molar-refractivity contribution is 7.84. The van der Waals surface area contributed by atoms with Crippen LogP contribution in [0, 0.1) is 18.3 Å². The van der Waals surface area contributed by atoms with E-state index < -0.39 is 16.8 Å². The highest BCUT2D eigenvalue weighted by Gasteiger charge is 2.25. The molecule has 2 aromatic heterocycles. The summed E-state index contributed by atoms with van der Waals surface area (Å²) in [5.74, 6) is -0.615. The van der Waals surface area contributed by atoms with Gasteiger partial charge in [0, 0.05) is 10.6 Å². The number of benzene rings is 2. The van der Waals surface area contributed by atoms with Crippen LogP contribution in [-0.2, 0) is 17.3 Å². The van der Waals surface area contributed by atoms with Crippen molar-refractivity contribution < 1.29 is 14.1 Å². The number of nitriles is 1. The Bertz CT molecular complexity index is 1360. The minimum atomic E-state index is -1.33. The van der Waals surface area contributed by atoms with Crippen LogP contribution in [0.4, 0.5) is 0 Å². The van der Waals surface area contributed by atoms with Gasteiger partial charge in [-0.2, -0.15) is 5.26 Å². The van der Waals surface area contributed by atoms with Gasteiger partial charge in [0.25, 0.3) is 0 Å². The van der Waals surface area contributed by atoms with E-state index in [2.05, 4.69) is 11.1 Å². The first-order valence-electron chi connectivity index (χ1n) is 9.64. The lowest BCUT2D eigenvalue weighted by Crippen LogP contribution is -2.10. The molecule has 6 nitrogen and oxygen atoms in total. The van der Waals surface area contributed by atoms with Crippen molar-refractivity contribution in [2.75, 3.05) is 5.75 Å². The predicted octanol–water partition coefficient (Wildman–Crippen LogP) is 4.82. The number of aryl methyl sites for hydroxylation is 1. The Balaban J connectivity index is 1.78. The average molecular weight is 450 g/mol. The van der Waals surface area contributed by atoms with E-state index in [0.717, 1.165) is 21.6 Å². The van der Waals surface area contributed by atoms with Gasteiger partial charge in [0.2, 0.25) is 0 Å². The highest BCUT2D eigenvalue weighted by atomic mass is 32.2. The minimum absolute atomic E-state index is 0.207. The maximum Gasteiger partial charge on any atom is 0.348 e. The van der Waals surface area contributed by atoms with E-state index in [1.165, 1.54) is 11.3 Å². The lowest BCUT2D eigenvalue weighted by Gasteiger charge is -2.10. The summed E-state index contributed by atoms with van der Waals surface area (Å²) in [4.78, 5) is 17.4. The molecule has 8 heteroatoms. The van der Waals surface area contributed by atoms with E-state index in [4.69, 9.17) is 0 Å². The molecule has 2 heterocycles. The van der Waals surface area contributed by atoms with Crippen molar-refractivity contribution in [1.82, 2.24) is 9.55 Å². The number of carboxylic acid groups (broad SMARTS) is 1. The Hall–Kier alpha value is -3.28. The fourth-order valence-corrected chi connectivity index (χ4v) is 5.35. The summed E-state index contributed by atoms with van der Waals surface area (Å²) >= 11 is 1.19. The third kappa shape index (κ3) is 3.78. The summed E-state index contributed by atoms with van der Waals surface area (Å²) in [6.07, 6.45) is 0. The average Bonchev–Trinajstić information content (AvgIpc) is 3.31. The third-order valence-corrected chi connectivity index (χ3v) is 7.36. The van der Waals surface area contributed by atoms with Crippen molar-refractivity contribution in [2.24, 2.45) is 0 Å². The largest absolute Gasteiger partial charge is 0.477 e. The van der Waals surface area contributed by atoms with Crippen molar-refractivity contribution >= 4 is 39.1 Å². The standard InChI is InChI=1S/C23H19N3O3S2/c1-3-31(29)23-25-19-14(2)30-21(22(27)28)20(19)26(23)13-15-8-10-16(11-9-15)18-7-5-4-6-17(18)12-24/h4-11H,3,13H2,1-2H3,(H,27,28). The Morgan fingerprint density at radius 3 is 2.58 bits per heavy atom. The second-order valence-electron chi connectivity index (χ2n) is 6.96. The summed E-state index contributed by atoms with van der Waals surface area (Å²) < 4.78 is 14.4. The van der Waals surface area contributed by atoms with E-state index in [-0.39, 0.29) is 4.88 Å². The summed E-state index contributed by atoms with van der Waals surface area (Å²) in [7, 11) is -1.33. The Kier molecular flexibility index (Phi) is 5.72. The minimum Gasteiger partial charge on any atom is -0.477 e. The molecule has 1 N–H and O–H groups in total. The zero-order valence-electron chi connectivity index (χ0n) is 17.0. The molecular weight excluding hydrogens is 430 g/mol. The van der Waals surface area contributed by atoms with Gasteiger partial charge in [0.1, 0.15) is 10.4 Å². The molecule has 4 aromatic rings. The first-order chi connectivity index (χ1) is 14.9. The second kappa shape index (κ2) is 8.46. The molecule has 0 fully saturated rings. The summed E-state index contributed by atoms with van der Waals surface area (Å²) in [5, 5.41) is 19.4. The van der Waals surface area contributed by atoms with Crippen molar-refractivity contribution in [2.45, 2.75) is 25.5 Å². The molecule has 1 unspecified atom stereocenters. The van der Waals surface area contributed by atoms with E-state index in [9.17, 15) is 19.4 Å². The highest BCUT2D eigenvalue weighted by Crippen LogP contribution is 2.33. The van der Waals surface area contributed by atoms with E-state index >= 15 is 0 Å².